The summed E-state index contributed by atoms with van der Waals surface area (Å²) in [6.45, 7) is 3.08. The molecule has 1 heterocycles. The van der Waals surface area contributed by atoms with Gasteiger partial charge >= 0.3 is 0 Å². The van der Waals surface area contributed by atoms with Gasteiger partial charge in [0.2, 0.25) is 5.91 Å². The lowest BCUT2D eigenvalue weighted by molar-refractivity contribution is -0.117. The third kappa shape index (κ3) is 4.43. The van der Waals surface area contributed by atoms with Crippen LogP contribution in [0.1, 0.15) is 19.8 Å². The summed E-state index contributed by atoms with van der Waals surface area (Å²) in [5.74, 6) is 1.21. The monoisotopic (exact) mass is 332 g/mol. The predicted octanol–water partition coefficient (Wildman–Crippen LogP) is 2.67. The quantitative estimate of drug-likeness (QED) is 0.811. The first-order chi connectivity index (χ1) is 9.65. The van der Waals surface area contributed by atoms with E-state index in [2.05, 4.69) is 5.32 Å². The van der Waals surface area contributed by atoms with Crippen LogP contribution >= 0.6 is 24.2 Å². The summed E-state index contributed by atoms with van der Waals surface area (Å²) in [4.78, 5) is 13.0. The van der Waals surface area contributed by atoms with Gasteiger partial charge in [-0.05, 0) is 18.7 Å². The van der Waals surface area contributed by atoms with Crippen LogP contribution in [0.2, 0.25) is 0 Å². The Morgan fingerprint density at radius 3 is 2.57 bits per heavy atom. The molecule has 0 aliphatic carbocycles. The topological polar surface area (TPSA) is 73.6 Å². The van der Waals surface area contributed by atoms with E-state index in [4.69, 9.17) is 15.2 Å². The number of anilines is 1. The van der Waals surface area contributed by atoms with Crippen molar-refractivity contribution in [3.05, 3.63) is 12.1 Å². The van der Waals surface area contributed by atoms with Crippen molar-refractivity contribution in [1.29, 1.82) is 0 Å². The van der Waals surface area contributed by atoms with Gasteiger partial charge in [0.25, 0.3) is 0 Å². The number of carbonyl (C=O) groups excluding carboxylic acids is 1. The van der Waals surface area contributed by atoms with Gasteiger partial charge in [-0.3, -0.25) is 4.79 Å². The summed E-state index contributed by atoms with van der Waals surface area (Å²) in [6.07, 6.45) is 3.50. The highest BCUT2D eigenvalue weighted by Gasteiger charge is 2.19. The van der Waals surface area contributed by atoms with E-state index in [0.717, 1.165) is 22.8 Å². The van der Waals surface area contributed by atoms with Crippen molar-refractivity contribution < 1.29 is 14.3 Å². The highest BCUT2D eigenvalue weighted by Crippen LogP contribution is 2.39. The summed E-state index contributed by atoms with van der Waals surface area (Å²) in [7, 11) is 0. The largest absolute Gasteiger partial charge is 0.486 e. The second-order valence-electron chi connectivity index (χ2n) is 4.58. The van der Waals surface area contributed by atoms with Crippen LogP contribution < -0.4 is 20.5 Å². The van der Waals surface area contributed by atoms with Crippen molar-refractivity contribution in [2.45, 2.75) is 30.7 Å². The van der Waals surface area contributed by atoms with E-state index in [9.17, 15) is 4.79 Å². The third-order valence-corrected chi connectivity index (χ3v) is 3.84. The maximum Gasteiger partial charge on any atom is 0.241 e. The minimum absolute atomic E-state index is 0. The van der Waals surface area contributed by atoms with Crippen LogP contribution in [0.3, 0.4) is 0 Å². The van der Waals surface area contributed by atoms with E-state index < -0.39 is 6.04 Å². The number of amides is 1. The van der Waals surface area contributed by atoms with E-state index in [1.54, 1.807) is 17.8 Å². The third-order valence-electron chi connectivity index (χ3n) is 3.06. The van der Waals surface area contributed by atoms with Crippen molar-refractivity contribution in [1.82, 2.24) is 0 Å². The fraction of sp³-hybridized carbons (Fsp3) is 0.500. The predicted molar refractivity (Wildman–Crippen MR) is 88.0 cm³/mol. The van der Waals surface area contributed by atoms with E-state index in [-0.39, 0.29) is 18.3 Å². The average Bonchev–Trinajstić information content (AvgIpc) is 2.46. The molecule has 1 unspecified atom stereocenters. The van der Waals surface area contributed by atoms with Crippen LogP contribution in [0.4, 0.5) is 5.69 Å². The normalized spacial score (nSPS) is 14.0. The molecule has 0 bridgehead atoms. The lowest BCUT2D eigenvalue weighted by Crippen LogP contribution is -2.35. The van der Waals surface area contributed by atoms with Gasteiger partial charge in [0.1, 0.15) is 13.2 Å². The number of fused-ring (bicyclic) bond motifs is 1. The first-order valence-corrected chi connectivity index (χ1v) is 7.92. The minimum atomic E-state index is -0.483. The Balaban J connectivity index is 0.00000220. The van der Waals surface area contributed by atoms with Crippen molar-refractivity contribution in [2.75, 3.05) is 24.8 Å². The zero-order chi connectivity index (χ0) is 14.5. The Hall–Kier alpha value is -1.11. The van der Waals surface area contributed by atoms with E-state index in [1.165, 1.54) is 0 Å². The number of hydrogen-bond donors (Lipinski definition) is 2. The molecule has 1 aromatic carbocycles. The van der Waals surface area contributed by atoms with Crippen LogP contribution in [0.5, 0.6) is 11.5 Å². The van der Waals surface area contributed by atoms with Crippen LogP contribution in [0.25, 0.3) is 0 Å². The van der Waals surface area contributed by atoms with Gasteiger partial charge in [-0.25, -0.2) is 0 Å². The smallest absolute Gasteiger partial charge is 0.241 e. The summed E-state index contributed by atoms with van der Waals surface area (Å²) in [6, 6.07) is 3.21. The van der Waals surface area contributed by atoms with Gasteiger partial charge < -0.3 is 20.5 Å². The molecule has 7 heteroatoms. The molecule has 1 aromatic rings. The number of carbonyl (C=O) groups is 1. The fourth-order valence-corrected chi connectivity index (χ4v) is 2.56. The maximum absolute atomic E-state index is 12.0. The van der Waals surface area contributed by atoms with Gasteiger partial charge in [-0.1, -0.05) is 13.3 Å². The Morgan fingerprint density at radius 1 is 1.38 bits per heavy atom. The van der Waals surface area contributed by atoms with Gasteiger partial charge in [-0.2, -0.15) is 0 Å². The average molecular weight is 333 g/mol. The molecule has 0 saturated carbocycles. The number of benzene rings is 1. The minimum Gasteiger partial charge on any atom is -0.486 e. The highest BCUT2D eigenvalue weighted by atomic mass is 35.5. The Bertz CT molecular complexity index is 499. The molecule has 0 aromatic heterocycles. The number of nitrogens with two attached hydrogens (primary N) is 1. The summed E-state index contributed by atoms with van der Waals surface area (Å²) in [5.41, 5.74) is 6.55. The molecule has 0 spiro atoms. The Kier molecular flexibility index (Phi) is 7.14. The number of hydrogen-bond acceptors (Lipinski definition) is 5. The second-order valence-corrected chi connectivity index (χ2v) is 5.43. The van der Waals surface area contributed by atoms with Gasteiger partial charge in [0, 0.05) is 11.0 Å². The summed E-state index contributed by atoms with van der Waals surface area (Å²) >= 11 is 1.54. The van der Waals surface area contributed by atoms with E-state index in [1.807, 2.05) is 19.2 Å². The number of nitrogens with one attached hydrogen (secondary N) is 1. The zero-order valence-corrected chi connectivity index (χ0v) is 13.8. The lowest BCUT2D eigenvalue weighted by atomic mass is 10.1. The van der Waals surface area contributed by atoms with E-state index in [0.29, 0.717) is 25.4 Å². The zero-order valence-electron chi connectivity index (χ0n) is 12.2. The van der Waals surface area contributed by atoms with Crippen molar-refractivity contribution in [3.8, 4) is 11.5 Å². The SMILES string of the molecule is CCCC(N)C(=O)Nc1cc2c(cc1SC)OCCO2.Cl. The summed E-state index contributed by atoms with van der Waals surface area (Å²) < 4.78 is 11.1. The number of halogens is 1. The molecule has 118 valence electrons. The van der Waals surface area contributed by atoms with Crippen molar-refractivity contribution in [3.63, 3.8) is 0 Å². The standard InChI is InChI=1S/C14H20N2O3S.ClH/c1-3-4-9(15)14(17)16-10-7-11-12(8-13(10)20-2)19-6-5-18-11;/h7-9H,3-6,15H2,1-2H3,(H,16,17);1H. The molecule has 1 amide bonds. The molecule has 21 heavy (non-hydrogen) atoms. The maximum atomic E-state index is 12.0. The highest BCUT2D eigenvalue weighted by molar-refractivity contribution is 7.98. The molecule has 0 radical (unpaired) electrons. The van der Waals surface area contributed by atoms with Crippen molar-refractivity contribution in [2.24, 2.45) is 5.73 Å². The fourth-order valence-electron chi connectivity index (χ4n) is 2.00. The number of ether oxygens (including phenoxy) is 2. The summed E-state index contributed by atoms with van der Waals surface area (Å²) in [5, 5.41) is 2.88. The van der Waals surface area contributed by atoms with E-state index >= 15 is 0 Å². The van der Waals surface area contributed by atoms with Gasteiger partial charge in [0.15, 0.2) is 11.5 Å². The van der Waals surface area contributed by atoms with Crippen LogP contribution in [0.15, 0.2) is 17.0 Å². The van der Waals surface area contributed by atoms with Crippen molar-refractivity contribution >= 4 is 35.8 Å². The van der Waals surface area contributed by atoms with Crippen LogP contribution in [-0.2, 0) is 4.79 Å². The molecule has 1 aliphatic rings. The molecular formula is C14H21ClN2O3S. The first kappa shape index (κ1) is 17.9. The molecule has 2 rings (SSSR count). The number of thioether (sulfide) groups is 1. The van der Waals surface area contributed by atoms with Crippen LogP contribution in [0, 0.1) is 0 Å². The lowest BCUT2D eigenvalue weighted by Gasteiger charge is -2.21. The number of rotatable bonds is 5. The molecule has 0 fully saturated rings. The molecular weight excluding hydrogens is 312 g/mol. The van der Waals surface area contributed by atoms with Crippen LogP contribution in [-0.4, -0.2) is 31.4 Å². The molecule has 1 atom stereocenters. The second kappa shape index (κ2) is 8.36. The Morgan fingerprint density at radius 2 is 2.00 bits per heavy atom. The first-order valence-electron chi connectivity index (χ1n) is 6.69. The molecule has 1 aliphatic heterocycles. The molecule has 5 nitrogen and oxygen atoms in total. The molecule has 0 saturated heterocycles. The molecule has 3 N–H and O–H groups in total. The Labute approximate surface area is 135 Å². The van der Waals surface area contributed by atoms with Gasteiger partial charge in [0.05, 0.1) is 11.7 Å². The van der Waals surface area contributed by atoms with Gasteiger partial charge in [-0.15, -0.1) is 24.2 Å².